The molecule has 0 fully saturated rings. The predicted molar refractivity (Wildman–Crippen MR) is 85.6 cm³/mol. The molecular weight excluding hydrogens is 302 g/mol. The lowest BCUT2D eigenvalue weighted by molar-refractivity contribution is 0.106. The van der Waals surface area contributed by atoms with E-state index in [4.69, 9.17) is 16.3 Å². The molecule has 0 aliphatic rings. The lowest BCUT2D eigenvalue weighted by Gasteiger charge is -2.20. The van der Waals surface area contributed by atoms with Crippen LogP contribution in [0.15, 0.2) is 54.6 Å². The van der Waals surface area contributed by atoms with Crippen molar-refractivity contribution < 1.29 is 14.6 Å². The summed E-state index contributed by atoms with van der Waals surface area (Å²) < 4.78 is 5.12. The summed E-state index contributed by atoms with van der Waals surface area (Å²) >= 11 is 5.81. The third kappa shape index (κ3) is 4.76. The van der Waals surface area contributed by atoms with Crippen molar-refractivity contribution in [2.75, 3.05) is 0 Å². The van der Waals surface area contributed by atoms with Gasteiger partial charge in [0.25, 0.3) is 0 Å². The van der Waals surface area contributed by atoms with Crippen LogP contribution in [0.2, 0.25) is 5.02 Å². The first-order valence-electron chi connectivity index (χ1n) is 6.97. The summed E-state index contributed by atoms with van der Waals surface area (Å²) in [5.74, 6) is 0. The van der Waals surface area contributed by atoms with E-state index in [2.05, 4.69) is 5.32 Å². The van der Waals surface area contributed by atoms with Crippen LogP contribution in [0.4, 0.5) is 4.79 Å². The molecule has 2 N–H and O–H groups in total. The van der Waals surface area contributed by atoms with Gasteiger partial charge in [0, 0.05) is 5.02 Å². The minimum atomic E-state index is -0.832. The van der Waals surface area contributed by atoms with Crippen molar-refractivity contribution in [2.45, 2.75) is 25.7 Å². The second kappa shape index (κ2) is 7.82. The van der Waals surface area contributed by atoms with Crippen molar-refractivity contribution in [3.8, 4) is 0 Å². The number of aliphatic hydroxyl groups excluding tert-OH is 1. The van der Waals surface area contributed by atoms with Gasteiger partial charge in [0.05, 0.1) is 12.1 Å². The molecule has 4 nitrogen and oxygen atoms in total. The van der Waals surface area contributed by atoms with Gasteiger partial charge >= 0.3 is 6.09 Å². The van der Waals surface area contributed by atoms with Crippen LogP contribution in [-0.4, -0.2) is 17.2 Å². The monoisotopic (exact) mass is 319 g/mol. The third-order valence-corrected chi connectivity index (χ3v) is 3.50. The quantitative estimate of drug-likeness (QED) is 0.883. The van der Waals surface area contributed by atoms with E-state index < -0.39 is 18.2 Å². The van der Waals surface area contributed by atoms with Crippen LogP contribution < -0.4 is 5.32 Å². The molecule has 2 atom stereocenters. The molecule has 2 rings (SSSR count). The van der Waals surface area contributed by atoms with Crippen LogP contribution in [-0.2, 0) is 11.3 Å². The number of carbonyl (C=O) groups is 1. The molecule has 0 aliphatic heterocycles. The fourth-order valence-corrected chi connectivity index (χ4v) is 2.10. The van der Waals surface area contributed by atoms with E-state index in [9.17, 15) is 9.90 Å². The van der Waals surface area contributed by atoms with Crippen LogP contribution in [0, 0.1) is 0 Å². The molecule has 0 bridgehead atoms. The van der Waals surface area contributed by atoms with Crippen molar-refractivity contribution in [1.29, 1.82) is 0 Å². The molecule has 0 saturated carbocycles. The molecule has 116 valence electrons. The maximum absolute atomic E-state index is 11.8. The number of nitrogens with one attached hydrogen (secondary N) is 1. The largest absolute Gasteiger partial charge is 0.445 e. The van der Waals surface area contributed by atoms with Gasteiger partial charge < -0.3 is 15.2 Å². The lowest BCUT2D eigenvalue weighted by atomic mass is 10.0. The molecule has 0 aromatic heterocycles. The van der Waals surface area contributed by atoms with Crippen LogP contribution in [0.1, 0.15) is 24.2 Å². The second-order valence-corrected chi connectivity index (χ2v) is 5.43. The number of aliphatic hydroxyl groups is 1. The number of hydrogen-bond donors (Lipinski definition) is 2. The van der Waals surface area contributed by atoms with Crippen LogP contribution >= 0.6 is 11.6 Å². The van der Waals surface area contributed by atoms with Gasteiger partial charge in [-0.05, 0) is 30.2 Å². The SMILES string of the molecule is CC(NC(=O)OCc1ccccc1)C(O)c1ccc(Cl)cc1. The van der Waals surface area contributed by atoms with E-state index in [0.29, 0.717) is 10.6 Å². The minimum absolute atomic E-state index is 0.191. The van der Waals surface area contributed by atoms with Crippen LogP contribution in [0.3, 0.4) is 0 Å². The highest BCUT2D eigenvalue weighted by Gasteiger charge is 2.19. The lowest BCUT2D eigenvalue weighted by Crippen LogP contribution is -2.37. The highest BCUT2D eigenvalue weighted by Crippen LogP contribution is 2.19. The number of alkyl carbamates (subject to hydrolysis) is 1. The average molecular weight is 320 g/mol. The molecule has 22 heavy (non-hydrogen) atoms. The topological polar surface area (TPSA) is 58.6 Å². The van der Waals surface area contributed by atoms with Gasteiger partial charge in [0.1, 0.15) is 6.61 Å². The van der Waals surface area contributed by atoms with Gasteiger partial charge in [-0.3, -0.25) is 0 Å². The maximum atomic E-state index is 11.8. The zero-order valence-electron chi connectivity index (χ0n) is 12.2. The number of halogens is 1. The third-order valence-electron chi connectivity index (χ3n) is 3.24. The molecule has 1 amide bonds. The van der Waals surface area contributed by atoms with Gasteiger partial charge in [-0.1, -0.05) is 54.1 Å². The van der Waals surface area contributed by atoms with Crippen LogP contribution in [0.25, 0.3) is 0 Å². The molecule has 0 radical (unpaired) electrons. The van der Waals surface area contributed by atoms with Crippen molar-refractivity contribution in [3.05, 3.63) is 70.7 Å². The van der Waals surface area contributed by atoms with Gasteiger partial charge in [0.15, 0.2) is 0 Å². The normalized spacial score (nSPS) is 13.2. The second-order valence-electron chi connectivity index (χ2n) is 4.99. The Bertz CT molecular complexity index is 601. The van der Waals surface area contributed by atoms with Crippen molar-refractivity contribution in [3.63, 3.8) is 0 Å². The highest BCUT2D eigenvalue weighted by atomic mass is 35.5. The zero-order valence-corrected chi connectivity index (χ0v) is 13.0. The Morgan fingerprint density at radius 2 is 1.82 bits per heavy atom. The van der Waals surface area contributed by atoms with E-state index >= 15 is 0 Å². The number of amides is 1. The summed E-state index contributed by atoms with van der Waals surface area (Å²) in [7, 11) is 0. The molecule has 0 spiro atoms. The highest BCUT2D eigenvalue weighted by molar-refractivity contribution is 6.30. The summed E-state index contributed by atoms with van der Waals surface area (Å²) in [4.78, 5) is 11.8. The van der Waals surface area contributed by atoms with E-state index in [0.717, 1.165) is 5.56 Å². The Kier molecular flexibility index (Phi) is 5.81. The van der Waals surface area contributed by atoms with Crippen molar-refractivity contribution in [2.24, 2.45) is 0 Å². The maximum Gasteiger partial charge on any atom is 0.407 e. The smallest absolute Gasteiger partial charge is 0.407 e. The summed E-state index contributed by atoms with van der Waals surface area (Å²) in [6.45, 7) is 1.90. The summed E-state index contributed by atoms with van der Waals surface area (Å²) in [6.07, 6.45) is -1.40. The first-order chi connectivity index (χ1) is 10.6. The van der Waals surface area contributed by atoms with Gasteiger partial charge in [0.2, 0.25) is 0 Å². The Morgan fingerprint density at radius 3 is 2.45 bits per heavy atom. The summed E-state index contributed by atoms with van der Waals surface area (Å²) in [6, 6.07) is 15.8. The van der Waals surface area contributed by atoms with E-state index in [1.54, 1.807) is 31.2 Å². The predicted octanol–water partition coefficient (Wildman–Crippen LogP) is 3.69. The number of rotatable bonds is 5. The number of carbonyl (C=O) groups excluding carboxylic acids is 1. The fraction of sp³-hybridized carbons (Fsp3) is 0.235. The van der Waals surface area contributed by atoms with Gasteiger partial charge in [-0.2, -0.15) is 0 Å². The molecular formula is C17H18ClNO3. The Morgan fingerprint density at radius 1 is 1.18 bits per heavy atom. The molecule has 0 heterocycles. The Labute approximate surface area is 134 Å². The molecule has 5 heteroatoms. The first kappa shape index (κ1) is 16.3. The molecule has 2 aromatic rings. The molecule has 2 aromatic carbocycles. The van der Waals surface area contributed by atoms with Crippen molar-refractivity contribution >= 4 is 17.7 Å². The van der Waals surface area contributed by atoms with E-state index in [1.165, 1.54) is 0 Å². The van der Waals surface area contributed by atoms with Gasteiger partial charge in [-0.25, -0.2) is 4.79 Å². The number of benzene rings is 2. The van der Waals surface area contributed by atoms with Crippen molar-refractivity contribution in [1.82, 2.24) is 5.32 Å². The van der Waals surface area contributed by atoms with Crippen LogP contribution in [0.5, 0.6) is 0 Å². The standard InChI is InChI=1S/C17H18ClNO3/c1-12(16(20)14-7-9-15(18)10-8-14)19-17(21)22-11-13-5-3-2-4-6-13/h2-10,12,16,20H,11H2,1H3,(H,19,21). The Balaban J connectivity index is 1.84. The average Bonchev–Trinajstić information content (AvgIpc) is 2.54. The first-order valence-corrected chi connectivity index (χ1v) is 7.35. The van der Waals surface area contributed by atoms with E-state index in [1.807, 2.05) is 30.3 Å². The molecule has 2 unspecified atom stereocenters. The number of ether oxygens (including phenoxy) is 1. The summed E-state index contributed by atoms with van der Waals surface area (Å²) in [5.41, 5.74) is 1.59. The fourth-order valence-electron chi connectivity index (χ4n) is 1.98. The number of hydrogen-bond acceptors (Lipinski definition) is 3. The van der Waals surface area contributed by atoms with Gasteiger partial charge in [-0.15, -0.1) is 0 Å². The Hall–Kier alpha value is -2.04. The zero-order chi connectivity index (χ0) is 15.9. The summed E-state index contributed by atoms with van der Waals surface area (Å²) in [5, 5.41) is 13.4. The van der Waals surface area contributed by atoms with E-state index in [-0.39, 0.29) is 6.61 Å². The minimum Gasteiger partial charge on any atom is -0.445 e. The molecule has 0 aliphatic carbocycles. The molecule has 0 saturated heterocycles.